The van der Waals surface area contributed by atoms with E-state index in [4.69, 9.17) is 9.05 Å². The highest BCUT2D eigenvalue weighted by molar-refractivity contribution is 5.97. The Bertz CT molecular complexity index is 899. The van der Waals surface area contributed by atoms with Gasteiger partial charge in [0, 0.05) is 18.3 Å². The summed E-state index contributed by atoms with van der Waals surface area (Å²) in [5.41, 5.74) is 3.46. The molecule has 0 aliphatic carbocycles. The molecule has 0 unspecified atom stereocenters. The number of nitrogens with one attached hydrogen (secondary N) is 1. The molecule has 1 N–H and O–H groups in total. The molecule has 0 aliphatic heterocycles. The number of hydrogen-bond donors (Lipinski definition) is 1. The van der Waals surface area contributed by atoms with E-state index in [-0.39, 0.29) is 11.3 Å². The summed E-state index contributed by atoms with van der Waals surface area (Å²) >= 11 is 0. The largest absolute Gasteiger partial charge is 0.361 e. The van der Waals surface area contributed by atoms with Crippen LogP contribution < -0.4 is 5.32 Å². The van der Waals surface area contributed by atoms with Crippen LogP contribution in [0.1, 0.15) is 53.8 Å². The smallest absolute Gasteiger partial charge is 0.257 e. The van der Waals surface area contributed by atoms with Crippen molar-refractivity contribution >= 4 is 17.0 Å². The van der Waals surface area contributed by atoms with Crippen molar-refractivity contribution in [3.05, 3.63) is 40.5 Å². The Kier molecular flexibility index (Phi) is 4.32. The molecule has 3 aromatic heterocycles. The third-order valence-electron chi connectivity index (χ3n) is 3.97. The summed E-state index contributed by atoms with van der Waals surface area (Å²) in [5.74, 6) is 0.496. The van der Waals surface area contributed by atoms with E-state index in [1.165, 1.54) is 6.20 Å². The first-order chi connectivity index (χ1) is 11.7. The summed E-state index contributed by atoms with van der Waals surface area (Å²) in [6, 6.07) is 1.78. The van der Waals surface area contributed by atoms with E-state index >= 15 is 0 Å². The van der Waals surface area contributed by atoms with Gasteiger partial charge in [0.1, 0.15) is 5.76 Å². The summed E-state index contributed by atoms with van der Waals surface area (Å²) < 4.78 is 10.4. The Morgan fingerprint density at radius 1 is 1.20 bits per heavy atom. The van der Waals surface area contributed by atoms with Crippen molar-refractivity contribution in [3.8, 4) is 0 Å². The fourth-order valence-corrected chi connectivity index (χ4v) is 2.66. The van der Waals surface area contributed by atoms with Crippen molar-refractivity contribution in [3.63, 3.8) is 0 Å². The molecule has 0 saturated heterocycles. The van der Waals surface area contributed by atoms with E-state index in [0.29, 0.717) is 23.6 Å². The van der Waals surface area contributed by atoms with Gasteiger partial charge in [-0.15, -0.1) is 0 Å². The van der Waals surface area contributed by atoms with Crippen molar-refractivity contribution in [2.24, 2.45) is 5.41 Å². The lowest BCUT2D eigenvalue weighted by molar-refractivity contribution is 0.0950. The third kappa shape index (κ3) is 3.70. The summed E-state index contributed by atoms with van der Waals surface area (Å²) in [5, 5.41) is 11.6. The molecule has 0 bridgehead atoms. The lowest BCUT2D eigenvalue weighted by Crippen LogP contribution is -2.23. The van der Waals surface area contributed by atoms with Gasteiger partial charge in [0.15, 0.2) is 0 Å². The number of aryl methyl sites for hydroxylation is 2. The number of pyridine rings is 1. The van der Waals surface area contributed by atoms with Crippen molar-refractivity contribution in [1.29, 1.82) is 0 Å². The molecule has 0 spiro atoms. The molecule has 1 amide bonds. The number of hydrogen-bond acceptors (Lipinski definition) is 6. The molecule has 7 heteroatoms. The molecule has 3 aromatic rings. The molecule has 3 rings (SSSR count). The lowest BCUT2D eigenvalue weighted by Gasteiger charge is -2.15. The highest BCUT2D eigenvalue weighted by atomic mass is 16.5. The zero-order valence-electron chi connectivity index (χ0n) is 15.1. The summed E-state index contributed by atoms with van der Waals surface area (Å²) in [4.78, 5) is 16.7. The minimum absolute atomic E-state index is 0.0609. The van der Waals surface area contributed by atoms with Gasteiger partial charge in [-0.2, -0.15) is 0 Å². The van der Waals surface area contributed by atoms with Crippen LogP contribution in [0.3, 0.4) is 0 Å². The Morgan fingerprint density at radius 3 is 2.60 bits per heavy atom. The van der Waals surface area contributed by atoms with Gasteiger partial charge >= 0.3 is 0 Å². The Balaban J connectivity index is 1.81. The van der Waals surface area contributed by atoms with E-state index in [9.17, 15) is 4.79 Å². The monoisotopic (exact) mass is 342 g/mol. The van der Waals surface area contributed by atoms with Gasteiger partial charge in [-0.3, -0.25) is 4.79 Å². The molecular weight excluding hydrogens is 320 g/mol. The standard InChI is InChI=1S/C18H22N4O3/c1-10-14(11(2)24-21-10)9-19-16(23)12-6-13-15(7-18(3,4)5)22-25-17(13)20-8-12/h6,8H,7,9H2,1-5H3,(H,19,23). The number of rotatable bonds is 4. The van der Waals surface area contributed by atoms with E-state index in [1.54, 1.807) is 6.07 Å². The molecule has 0 radical (unpaired) electrons. The highest BCUT2D eigenvalue weighted by Gasteiger charge is 2.19. The lowest BCUT2D eigenvalue weighted by atomic mass is 9.90. The Labute approximate surface area is 145 Å². The Morgan fingerprint density at radius 2 is 1.96 bits per heavy atom. The van der Waals surface area contributed by atoms with Gasteiger partial charge in [0.25, 0.3) is 11.6 Å². The van der Waals surface area contributed by atoms with Gasteiger partial charge in [0.2, 0.25) is 0 Å². The second-order valence-electron chi connectivity index (χ2n) is 7.43. The zero-order chi connectivity index (χ0) is 18.2. The molecule has 25 heavy (non-hydrogen) atoms. The molecular formula is C18H22N4O3. The summed E-state index contributed by atoms with van der Waals surface area (Å²) in [6.07, 6.45) is 2.24. The highest BCUT2D eigenvalue weighted by Crippen LogP contribution is 2.25. The fraction of sp³-hybridized carbons (Fsp3) is 0.444. The molecule has 3 heterocycles. The quantitative estimate of drug-likeness (QED) is 0.781. The molecule has 0 atom stereocenters. The van der Waals surface area contributed by atoms with Crippen LogP contribution in [0.4, 0.5) is 0 Å². The molecule has 0 aromatic carbocycles. The number of nitrogens with zero attached hydrogens (tertiary/aromatic N) is 3. The first kappa shape index (κ1) is 17.1. The summed E-state index contributed by atoms with van der Waals surface area (Å²) in [6.45, 7) is 10.4. The van der Waals surface area contributed by atoms with Gasteiger partial charge in [-0.1, -0.05) is 31.1 Å². The normalized spacial score (nSPS) is 11.9. The van der Waals surface area contributed by atoms with Crippen LogP contribution in [-0.2, 0) is 13.0 Å². The van der Waals surface area contributed by atoms with Gasteiger partial charge in [-0.05, 0) is 31.7 Å². The fourth-order valence-electron chi connectivity index (χ4n) is 2.66. The third-order valence-corrected chi connectivity index (χ3v) is 3.97. The van der Waals surface area contributed by atoms with Crippen LogP contribution in [-0.4, -0.2) is 21.2 Å². The first-order valence-electron chi connectivity index (χ1n) is 8.19. The maximum Gasteiger partial charge on any atom is 0.257 e. The predicted octanol–water partition coefficient (Wildman–Crippen LogP) is 3.35. The molecule has 7 nitrogen and oxygen atoms in total. The van der Waals surface area contributed by atoms with E-state index in [1.807, 2.05) is 13.8 Å². The van der Waals surface area contributed by atoms with Gasteiger partial charge in [-0.25, -0.2) is 4.98 Å². The average Bonchev–Trinajstić information content (AvgIpc) is 3.07. The Hall–Kier alpha value is -2.70. The van der Waals surface area contributed by atoms with Gasteiger partial charge < -0.3 is 14.4 Å². The van der Waals surface area contributed by atoms with E-state index < -0.39 is 0 Å². The molecule has 0 saturated carbocycles. The van der Waals surface area contributed by atoms with Crippen LogP contribution in [0.2, 0.25) is 0 Å². The minimum atomic E-state index is -0.211. The van der Waals surface area contributed by atoms with Crippen molar-refractivity contribution in [2.75, 3.05) is 0 Å². The predicted molar refractivity (Wildman–Crippen MR) is 92.1 cm³/mol. The van der Waals surface area contributed by atoms with E-state index in [0.717, 1.165) is 28.8 Å². The number of carbonyl (C=O) groups is 1. The van der Waals surface area contributed by atoms with Crippen LogP contribution in [0.25, 0.3) is 11.1 Å². The molecule has 0 fully saturated rings. The zero-order valence-corrected chi connectivity index (χ0v) is 15.1. The number of fused-ring (bicyclic) bond motifs is 1. The second-order valence-corrected chi connectivity index (χ2v) is 7.43. The molecule has 0 aliphatic rings. The van der Waals surface area contributed by atoms with Crippen molar-refractivity contribution in [2.45, 2.75) is 47.6 Å². The van der Waals surface area contributed by atoms with Gasteiger partial charge in [0.05, 0.1) is 22.3 Å². The van der Waals surface area contributed by atoms with Crippen molar-refractivity contribution < 1.29 is 13.8 Å². The first-order valence-corrected chi connectivity index (χ1v) is 8.19. The van der Waals surface area contributed by atoms with Crippen LogP contribution in [0, 0.1) is 19.3 Å². The van der Waals surface area contributed by atoms with Crippen LogP contribution in [0.5, 0.6) is 0 Å². The number of aromatic nitrogens is 3. The maximum absolute atomic E-state index is 12.5. The number of amides is 1. The van der Waals surface area contributed by atoms with Crippen molar-refractivity contribution in [1.82, 2.24) is 20.6 Å². The maximum atomic E-state index is 12.5. The van der Waals surface area contributed by atoms with E-state index in [2.05, 4.69) is 41.4 Å². The SMILES string of the molecule is Cc1noc(C)c1CNC(=O)c1cnc2onc(CC(C)(C)C)c2c1. The minimum Gasteiger partial charge on any atom is -0.361 e. The van der Waals surface area contributed by atoms with Crippen LogP contribution in [0.15, 0.2) is 21.3 Å². The molecule has 132 valence electrons. The number of carbonyl (C=O) groups excluding carboxylic acids is 1. The second kappa shape index (κ2) is 6.31. The topological polar surface area (TPSA) is 94.1 Å². The average molecular weight is 342 g/mol. The summed E-state index contributed by atoms with van der Waals surface area (Å²) in [7, 11) is 0. The van der Waals surface area contributed by atoms with Crippen LogP contribution >= 0.6 is 0 Å².